The Morgan fingerprint density at radius 3 is 2.65 bits per heavy atom. The van der Waals surface area contributed by atoms with Gasteiger partial charge in [0.15, 0.2) is 0 Å². The van der Waals surface area contributed by atoms with Gasteiger partial charge >= 0.3 is 0 Å². The van der Waals surface area contributed by atoms with Gasteiger partial charge in [-0.3, -0.25) is 0 Å². The molecule has 4 heteroatoms. The molecular weight excluding hydrogens is 214 g/mol. The number of nitrogens with zero attached hydrogens (tertiary/aromatic N) is 1. The average Bonchev–Trinajstić information content (AvgIpc) is 2.38. The van der Waals surface area contributed by atoms with E-state index in [-0.39, 0.29) is 0 Å². The molecule has 0 spiro atoms. The Morgan fingerprint density at radius 2 is 1.94 bits per heavy atom. The highest BCUT2D eigenvalue weighted by atomic mass is 16.3. The summed E-state index contributed by atoms with van der Waals surface area (Å²) in [6, 6.07) is 13.0. The van der Waals surface area contributed by atoms with Gasteiger partial charge in [0.2, 0.25) is 0 Å². The van der Waals surface area contributed by atoms with Gasteiger partial charge in [-0.25, -0.2) is 4.98 Å². The summed E-state index contributed by atoms with van der Waals surface area (Å²) in [6.45, 7) is 0.380. The van der Waals surface area contributed by atoms with Crippen LogP contribution in [0.15, 0.2) is 48.7 Å². The molecule has 4 nitrogen and oxygen atoms in total. The first-order chi connectivity index (χ1) is 8.27. The highest BCUT2D eigenvalue weighted by molar-refractivity contribution is 5.60. The van der Waals surface area contributed by atoms with Gasteiger partial charge in [0.1, 0.15) is 5.82 Å². The van der Waals surface area contributed by atoms with Crippen LogP contribution in [0.4, 0.5) is 11.5 Å². The number of pyridine rings is 1. The zero-order chi connectivity index (χ0) is 12.1. The van der Waals surface area contributed by atoms with E-state index in [0.717, 1.165) is 5.56 Å². The molecule has 0 aliphatic carbocycles. The maximum Gasteiger partial charge on any atom is 0.149 e. The van der Waals surface area contributed by atoms with Gasteiger partial charge < -0.3 is 16.2 Å². The summed E-state index contributed by atoms with van der Waals surface area (Å²) >= 11 is 0. The Kier molecular flexibility index (Phi) is 3.57. The van der Waals surface area contributed by atoms with Crippen LogP contribution in [-0.4, -0.2) is 16.6 Å². The van der Waals surface area contributed by atoms with Crippen molar-refractivity contribution in [3.8, 4) is 0 Å². The van der Waals surface area contributed by atoms with Crippen molar-refractivity contribution in [3.63, 3.8) is 0 Å². The minimum absolute atomic E-state index is 0.380. The van der Waals surface area contributed by atoms with E-state index in [2.05, 4.69) is 10.3 Å². The highest BCUT2D eigenvalue weighted by Crippen LogP contribution is 2.16. The highest BCUT2D eigenvalue weighted by Gasteiger charge is 2.07. The normalized spacial score (nSPS) is 12.1. The van der Waals surface area contributed by atoms with E-state index in [9.17, 15) is 5.11 Å². The fraction of sp³-hybridized carbons (Fsp3) is 0.154. The summed E-state index contributed by atoms with van der Waals surface area (Å²) in [7, 11) is 0. The van der Waals surface area contributed by atoms with Gasteiger partial charge in [-0.15, -0.1) is 0 Å². The fourth-order valence-electron chi connectivity index (χ4n) is 1.55. The van der Waals surface area contributed by atoms with Crippen LogP contribution < -0.4 is 11.1 Å². The first-order valence-electron chi connectivity index (χ1n) is 5.45. The van der Waals surface area contributed by atoms with Crippen LogP contribution in [-0.2, 0) is 0 Å². The van der Waals surface area contributed by atoms with Crippen LogP contribution in [0.2, 0.25) is 0 Å². The van der Waals surface area contributed by atoms with Gasteiger partial charge in [0.25, 0.3) is 0 Å². The number of aliphatic hydroxyl groups excluding tert-OH is 1. The Balaban J connectivity index is 1.97. The predicted molar refractivity (Wildman–Crippen MR) is 68.5 cm³/mol. The summed E-state index contributed by atoms with van der Waals surface area (Å²) in [5.41, 5.74) is 7.19. The molecular formula is C13H15N3O. The molecule has 0 aliphatic rings. The van der Waals surface area contributed by atoms with Gasteiger partial charge in [0.05, 0.1) is 11.8 Å². The molecule has 0 saturated carbocycles. The molecule has 0 unspecified atom stereocenters. The van der Waals surface area contributed by atoms with Crippen LogP contribution >= 0.6 is 0 Å². The molecule has 0 saturated heterocycles. The van der Waals surface area contributed by atoms with Gasteiger partial charge in [-0.1, -0.05) is 30.3 Å². The fourth-order valence-corrected chi connectivity index (χ4v) is 1.55. The van der Waals surface area contributed by atoms with Crippen molar-refractivity contribution >= 4 is 11.5 Å². The standard InChI is InChI=1S/C13H15N3O/c14-11-7-4-8-15-13(11)16-9-12(17)10-5-2-1-3-6-10/h1-8,12,17H,9,14H2,(H,15,16)/t12-/m1/s1. The number of nitrogens with one attached hydrogen (secondary N) is 1. The van der Waals surface area contributed by atoms with Gasteiger partial charge in [0, 0.05) is 12.7 Å². The summed E-state index contributed by atoms with van der Waals surface area (Å²) < 4.78 is 0. The number of nitrogen functional groups attached to an aromatic ring is 1. The number of hydrogen-bond donors (Lipinski definition) is 3. The quantitative estimate of drug-likeness (QED) is 0.747. The van der Waals surface area contributed by atoms with Crippen LogP contribution in [0.1, 0.15) is 11.7 Å². The molecule has 4 N–H and O–H groups in total. The molecule has 0 radical (unpaired) electrons. The number of hydrogen-bond acceptors (Lipinski definition) is 4. The molecule has 2 aromatic rings. The molecule has 1 atom stereocenters. The Morgan fingerprint density at radius 1 is 1.18 bits per heavy atom. The number of anilines is 2. The SMILES string of the molecule is Nc1cccnc1NC[C@@H](O)c1ccccc1. The summed E-state index contributed by atoms with van der Waals surface area (Å²) in [4.78, 5) is 4.10. The monoisotopic (exact) mass is 229 g/mol. The lowest BCUT2D eigenvalue weighted by Gasteiger charge is -2.13. The minimum atomic E-state index is -0.572. The summed E-state index contributed by atoms with van der Waals surface area (Å²) in [5, 5.41) is 13.0. The topological polar surface area (TPSA) is 71.2 Å². The second kappa shape index (κ2) is 5.32. The summed E-state index contributed by atoms with van der Waals surface area (Å²) in [6.07, 6.45) is 1.09. The molecule has 0 amide bonds. The number of rotatable bonds is 4. The second-order valence-corrected chi connectivity index (χ2v) is 3.75. The Hall–Kier alpha value is -2.07. The van der Waals surface area contributed by atoms with E-state index in [0.29, 0.717) is 18.1 Å². The van der Waals surface area contributed by atoms with Crippen molar-refractivity contribution in [2.24, 2.45) is 0 Å². The van der Waals surface area contributed by atoms with E-state index in [1.54, 1.807) is 18.3 Å². The van der Waals surface area contributed by atoms with Crippen molar-refractivity contribution in [3.05, 3.63) is 54.2 Å². The molecule has 0 fully saturated rings. The van der Waals surface area contributed by atoms with Crippen LogP contribution in [0.5, 0.6) is 0 Å². The lowest BCUT2D eigenvalue weighted by Crippen LogP contribution is -2.13. The second-order valence-electron chi connectivity index (χ2n) is 3.75. The van der Waals surface area contributed by atoms with E-state index >= 15 is 0 Å². The molecule has 1 heterocycles. The number of aliphatic hydroxyl groups is 1. The van der Waals surface area contributed by atoms with Crippen LogP contribution in [0.3, 0.4) is 0 Å². The van der Waals surface area contributed by atoms with Crippen molar-refractivity contribution in [1.82, 2.24) is 4.98 Å². The minimum Gasteiger partial charge on any atom is -0.396 e. The first-order valence-corrected chi connectivity index (χ1v) is 5.45. The third kappa shape index (κ3) is 2.95. The zero-order valence-electron chi connectivity index (χ0n) is 9.38. The Labute approximate surface area is 100 Å². The van der Waals surface area contributed by atoms with E-state index in [4.69, 9.17) is 5.73 Å². The smallest absolute Gasteiger partial charge is 0.149 e. The number of aromatic nitrogens is 1. The number of benzene rings is 1. The lowest BCUT2D eigenvalue weighted by molar-refractivity contribution is 0.191. The molecule has 17 heavy (non-hydrogen) atoms. The molecule has 0 bridgehead atoms. The van der Waals surface area contributed by atoms with Gasteiger partial charge in [-0.05, 0) is 17.7 Å². The van der Waals surface area contributed by atoms with Gasteiger partial charge in [-0.2, -0.15) is 0 Å². The zero-order valence-corrected chi connectivity index (χ0v) is 9.38. The van der Waals surface area contributed by atoms with Crippen molar-refractivity contribution in [1.29, 1.82) is 0 Å². The van der Waals surface area contributed by atoms with E-state index in [1.165, 1.54) is 0 Å². The van der Waals surface area contributed by atoms with Crippen LogP contribution in [0, 0.1) is 0 Å². The molecule has 1 aromatic heterocycles. The Bertz CT molecular complexity index is 473. The van der Waals surface area contributed by atoms with Crippen molar-refractivity contribution in [2.75, 3.05) is 17.6 Å². The first kappa shape index (κ1) is 11.4. The maximum atomic E-state index is 9.94. The molecule has 1 aromatic carbocycles. The van der Waals surface area contributed by atoms with Crippen LogP contribution in [0.25, 0.3) is 0 Å². The third-order valence-corrected chi connectivity index (χ3v) is 2.49. The maximum absolute atomic E-state index is 9.94. The largest absolute Gasteiger partial charge is 0.396 e. The van der Waals surface area contributed by atoms with Crippen molar-refractivity contribution in [2.45, 2.75) is 6.10 Å². The molecule has 0 aliphatic heterocycles. The molecule has 88 valence electrons. The predicted octanol–water partition coefficient (Wildman–Crippen LogP) is 1.81. The molecule has 2 rings (SSSR count). The average molecular weight is 229 g/mol. The third-order valence-electron chi connectivity index (χ3n) is 2.49. The summed E-state index contributed by atoms with van der Waals surface area (Å²) in [5.74, 6) is 0.600. The lowest BCUT2D eigenvalue weighted by atomic mass is 10.1. The van der Waals surface area contributed by atoms with E-state index < -0.39 is 6.10 Å². The van der Waals surface area contributed by atoms with Crippen molar-refractivity contribution < 1.29 is 5.11 Å². The number of nitrogens with two attached hydrogens (primary N) is 1. The van der Waals surface area contributed by atoms with E-state index in [1.807, 2.05) is 30.3 Å².